The number of amides is 1. The Kier molecular flexibility index (Phi) is 7.09. The summed E-state index contributed by atoms with van der Waals surface area (Å²) in [5.41, 5.74) is 1.51. The Hall–Kier alpha value is -2.87. The van der Waals surface area contributed by atoms with Crippen LogP contribution in [0.2, 0.25) is 10.0 Å². The van der Waals surface area contributed by atoms with Crippen LogP contribution in [0.15, 0.2) is 53.1 Å². The van der Waals surface area contributed by atoms with E-state index in [-0.39, 0.29) is 5.91 Å². The Morgan fingerprint density at radius 2 is 1.78 bits per heavy atom. The van der Waals surface area contributed by atoms with Gasteiger partial charge in [0.15, 0.2) is 0 Å². The lowest BCUT2D eigenvalue weighted by Crippen LogP contribution is -2.47. The van der Waals surface area contributed by atoms with Crippen LogP contribution in [0.5, 0.6) is 5.75 Å². The Morgan fingerprint density at radius 3 is 2.44 bits per heavy atom. The topological polar surface area (TPSA) is 71.7 Å². The van der Waals surface area contributed by atoms with E-state index in [1.807, 2.05) is 24.3 Å². The molecule has 2 heterocycles. The normalized spacial score (nSPS) is 14.8. The van der Waals surface area contributed by atoms with Crippen LogP contribution in [0.1, 0.15) is 11.5 Å². The molecule has 0 bridgehead atoms. The van der Waals surface area contributed by atoms with Gasteiger partial charge in [-0.1, -0.05) is 34.4 Å². The molecule has 2 aromatic carbocycles. The molecule has 0 spiro atoms. The molecule has 32 heavy (non-hydrogen) atoms. The van der Waals surface area contributed by atoms with Crippen molar-refractivity contribution < 1.29 is 14.1 Å². The SMILES string of the molecule is COc1ccc(-c2noc(CN3CCN(C(=O)C=Cc4c(Cl)cccc4Cl)CC3)n2)cc1. The van der Waals surface area contributed by atoms with Crippen LogP contribution in [0, 0.1) is 0 Å². The van der Waals surface area contributed by atoms with Gasteiger partial charge in [0, 0.05) is 53.4 Å². The molecular formula is C23H22Cl2N4O3. The summed E-state index contributed by atoms with van der Waals surface area (Å²) in [7, 11) is 1.62. The molecule has 1 amide bonds. The van der Waals surface area contributed by atoms with Crippen molar-refractivity contribution in [2.45, 2.75) is 6.54 Å². The van der Waals surface area contributed by atoms with Crippen molar-refractivity contribution in [2.75, 3.05) is 33.3 Å². The minimum Gasteiger partial charge on any atom is -0.497 e. The van der Waals surface area contributed by atoms with Crippen LogP contribution >= 0.6 is 23.2 Å². The predicted molar refractivity (Wildman–Crippen MR) is 124 cm³/mol. The number of aromatic nitrogens is 2. The van der Waals surface area contributed by atoms with Gasteiger partial charge in [0.05, 0.1) is 13.7 Å². The van der Waals surface area contributed by atoms with Gasteiger partial charge in [-0.3, -0.25) is 9.69 Å². The van der Waals surface area contributed by atoms with Crippen molar-refractivity contribution >= 4 is 35.2 Å². The molecular weight excluding hydrogens is 451 g/mol. The number of halogens is 2. The molecule has 4 rings (SSSR count). The van der Waals surface area contributed by atoms with E-state index in [1.54, 1.807) is 36.3 Å². The smallest absolute Gasteiger partial charge is 0.246 e. The van der Waals surface area contributed by atoms with Crippen molar-refractivity contribution in [1.29, 1.82) is 0 Å². The standard InChI is InChI=1S/C23H22Cl2N4O3/c1-31-17-7-5-16(6-8-17)23-26-21(32-27-23)15-28-11-13-29(14-12-28)22(30)10-9-18-19(24)3-2-4-20(18)25/h2-10H,11-15H2,1H3. The summed E-state index contributed by atoms with van der Waals surface area (Å²) in [6.45, 7) is 3.19. The molecule has 7 nitrogen and oxygen atoms in total. The van der Waals surface area contributed by atoms with Crippen LogP contribution < -0.4 is 4.74 Å². The highest BCUT2D eigenvalue weighted by Gasteiger charge is 2.21. The summed E-state index contributed by atoms with van der Waals surface area (Å²) in [6, 6.07) is 12.8. The molecule has 0 radical (unpaired) electrons. The van der Waals surface area contributed by atoms with Gasteiger partial charge in [0.2, 0.25) is 17.6 Å². The van der Waals surface area contributed by atoms with Crippen LogP contribution in [-0.2, 0) is 11.3 Å². The van der Waals surface area contributed by atoms with Gasteiger partial charge in [0.1, 0.15) is 5.75 Å². The Labute approximate surface area is 196 Å². The van der Waals surface area contributed by atoms with Gasteiger partial charge in [0.25, 0.3) is 0 Å². The second-order valence-corrected chi connectivity index (χ2v) is 8.12. The van der Waals surface area contributed by atoms with E-state index >= 15 is 0 Å². The molecule has 166 valence electrons. The zero-order chi connectivity index (χ0) is 22.5. The van der Waals surface area contributed by atoms with E-state index in [0.717, 1.165) is 11.3 Å². The average Bonchev–Trinajstić information content (AvgIpc) is 3.27. The molecule has 0 unspecified atom stereocenters. The van der Waals surface area contributed by atoms with E-state index in [9.17, 15) is 4.79 Å². The fourth-order valence-electron chi connectivity index (χ4n) is 3.42. The molecule has 1 saturated heterocycles. The third-order valence-electron chi connectivity index (χ3n) is 5.25. The molecule has 9 heteroatoms. The molecule has 1 aliphatic heterocycles. The molecule has 1 aliphatic rings. The highest BCUT2D eigenvalue weighted by Crippen LogP contribution is 2.25. The van der Waals surface area contributed by atoms with Crippen LogP contribution in [0.25, 0.3) is 17.5 Å². The minimum absolute atomic E-state index is 0.0692. The first kappa shape index (κ1) is 22.3. The summed E-state index contributed by atoms with van der Waals surface area (Å²) in [4.78, 5) is 21.0. The number of rotatable bonds is 6. The summed E-state index contributed by atoms with van der Waals surface area (Å²) >= 11 is 12.3. The van der Waals surface area contributed by atoms with Crippen LogP contribution in [0.3, 0.4) is 0 Å². The number of benzene rings is 2. The van der Waals surface area contributed by atoms with Gasteiger partial charge < -0.3 is 14.2 Å². The quantitative estimate of drug-likeness (QED) is 0.494. The third-order valence-corrected chi connectivity index (χ3v) is 5.91. The second-order valence-electron chi connectivity index (χ2n) is 7.31. The van der Waals surface area contributed by atoms with Gasteiger partial charge >= 0.3 is 0 Å². The highest BCUT2D eigenvalue weighted by molar-refractivity contribution is 6.37. The maximum absolute atomic E-state index is 12.5. The first-order valence-electron chi connectivity index (χ1n) is 10.1. The van der Waals surface area contributed by atoms with E-state index in [2.05, 4.69) is 15.0 Å². The van der Waals surface area contributed by atoms with E-state index in [1.165, 1.54) is 6.08 Å². The van der Waals surface area contributed by atoms with E-state index < -0.39 is 0 Å². The number of methoxy groups -OCH3 is 1. The number of carbonyl (C=O) groups is 1. The fraction of sp³-hybridized carbons (Fsp3) is 0.261. The number of hydrogen-bond acceptors (Lipinski definition) is 6. The van der Waals surface area contributed by atoms with E-state index in [0.29, 0.717) is 60.0 Å². The Balaban J connectivity index is 1.30. The molecule has 0 saturated carbocycles. The summed E-state index contributed by atoms with van der Waals surface area (Å²) in [5.74, 6) is 1.79. The second kappa shape index (κ2) is 10.2. The largest absolute Gasteiger partial charge is 0.497 e. The average molecular weight is 473 g/mol. The molecule has 1 aromatic heterocycles. The zero-order valence-corrected chi connectivity index (χ0v) is 19.0. The number of hydrogen-bond donors (Lipinski definition) is 0. The Morgan fingerprint density at radius 1 is 1.09 bits per heavy atom. The number of nitrogens with zero attached hydrogens (tertiary/aromatic N) is 4. The monoisotopic (exact) mass is 472 g/mol. The van der Waals surface area contributed by atoms with E-state index in [4.69, 9.17) is 32.5 Å². The lowest BCUT2D eigenvalue weighted by atomic mass is 10.2. The van der Waals surface area contributed by atoms with Crippen molar-refractivity contribution in [2.24, 2.45) is 0 Å². The van der Waals surface area contributed by atoms with Gasteiger partial charge in [-0.05, 0) is 42.5 Å². The van der Waals surface area contributed by atoms with Crippen molar-refractivity contribution in [3.05, 3.63) is 70.0 Å². The molecule has 3 aromatic rings. The summed E-state index contributed by atoms with van der Waals surface area (Å²) < 4.78 is 10.6. The van der Waals surface area contributed by atoms with Crippen LogP contribution in [-0.4, -0.2) is 59.1 Å². The lowest BCUT2D eigenvalue weighted by molar-refractivity contribution is -0.127. The molecule has 0 N–H and O–H groups in total. The molecule has 0 atom stereocenters. The predicted octanol–water partition coefficient (Wildman–Crippen LogP) is 4.41. The van der Waals surface area contributed by atoms with Crippen LogP contribution in [0.4, 0.5) is 0 Å². The van der Waals surface area contributed by atoms with Gasteiger partial charge in [-0.25, -0.2) is 0 Å². The van der Waals surface area contributed by atoms with Gasteiger partial charge in [-0.2, -0.15) is 4.98 Å². The third kappa shape index (κ3) is 5.30. The number of carbonyl (C=O) groups excluding carboxylic acids is 1. The highest BCUT2D eigenvalue weighted by atomic mass is 35.5. The first-order valence-corrected chi connectivity index (χ1v) is 10.9. The first-order chi connectivity index (χ1) is 15.5. The summed E-state index contributed by atoms with van der Waals surface area (Å²) in [5, 5.41) is 5.10. The number of ether oxygens (including phenoxy) is 1. The van der Waals surface area contributed by atoms with Crippen molar-refractivity contribution in [1.82, 2.24) is 19.9 Å². The minimum atomic E-state index is -0.0692. The van der Waals surface area contributed by atoms with Crippen molar-refractivity contribution in [3.63, 3.8) is 0 Å². The molecule has 1 fully saturated rings. The van der Waals surface area contributed by atoms with Gasteiger partial charge in [-0.15, -0.1) is 0 Å². The fourth-order valence-corrected chi connectivity index (χ4v) is 3.95. The van der Waals surface area contributed by atoms with Crippen molar-refractivity contribution in [3.8, 4) is 17.1 Å². The molecule has 0 aliphatic carbocycles. The summed E-state index contributed by atoms with van der Waals surface area (Å²) in [6.07, 6.45) is 3.18. The Bertz CT molecular complexity index is 1090. The number of piperazine rings is 1. The lowest BCUT2D eigenvalue weighted by Gasteiger charge is -2.33. The maximum atomic E-state index is 12.5. The maximum Gasteiger partial charge on any atom is 0.246 e. The zero-order valence-electron chi connectivity index (χ0n) is 17.5.